The van der Waals surface area contributed by atoms with E-state index in [4.69, 9.17) is 0 Å². The minimum Gasteiger partial charge on any atom is -0.504 e. The highest BCUT2D eigenvalue weighted by molar-refractivity contribution is 6.01. The number of carbonyl (C=O) groups is 1. The van der Waals surface area contributed by atoms with Gasteiger partial charge in [0.05, 0.1) is 5.56 Å². The lowest BCUT2D eigenvalue weighted by Gasteiger charge is -2.35. The molecule has 4 heteroatoms. The zero-order chi connectivity index (χ0) is 16.8. The van der Waals surface area contributed by atoms with Crippen LogP contribution in [0.4, 0.5) is 0 Å². The van der Waals surface area contributed by atoms with E-state index in [9.17, 15) is 15.0 Å². The van der Waals surface area contributed by atoms with Crippen molar-refractivity contribution < 1.29 is 15.0 Å². The molecule has 2 aliphatic rings. The number of aromatic hydroxyl groups is 2. The van der Waals surface area contributed by atoms with E-state index in [1.54, 1.807) is 6.07 Å². The molecule has 0 spiro atoms. The van der Waals surface area contributed by atoms with Crippen LogP contribution in [-0.2, 0) is 13.0 Å². The number of phenols is 2. The second-order valence-corrected chi connectivity index (χ2v) is 6.84. The van der Waals surface area contributed by atoms with Gasteiger partial charge in [-0.3, -0.25) is 4.79 Å². The molecule has 0 fully saturated rings. The highest BCUT2D eigenvalue weighted by atomic mass is 16.3. The molecule has 24 heavy (non-hydrogen) atoms. The molecule has 0 aromatic heterocycles. The maximum absolute atomic E-state index is 12.8. The third-order valence-electron chi connectivity index (χ3n) is 5.55. The van der Waals surface area contributed by atoms with Gasteiger partial charge < -0.3 is 15.1 Å². The van der Waals surface area contributed by atoms with Crippen LogP contribution in [0.5, 0.6) is 11.5 Å². The van der Waals surface area contributed by atoms with Crippen molar-refractivity contribution in [2.45, 2.75) is 44.7 Å². The number of hydrogen-bond donors (Lipinski definition) is 2. The van der Waals surface area contributed by atoms with Crippen molar-refractivity contribution in [1.29, 1.82) is 0 Å². The van der Waals surface area contributed by atoms with Gasteiger partial charge in [0.25, 0.3) is 5.91 Å². The highest BCUT2D eigenvalue weighted by Gasteiger charge is 2.38. The standard InChI is InChI=1S/C20H21NO3/c1-12(15-8-4-6-13-5-2-3-7-16(13)15)21-11-14-9-10-17(22)19(23)18(14)20(21)24/h2-3,5,7,9-10,12,15,22-23H,4,6,8,11H2,1H3/t12-,15?/m0/s1. The first kappa shape index (κ1) is 15.1. The summed E-state index contributed by atoms with van der Waals surface area (Å²) < 4.78 is 0. The summed E-state index contributed by atoms with van der Waals surface area (Å²) in [5.41, 5.74) is 3.76. The smallest absolute Gasteiger partial charge is 0.258 e. The van der Waals surface area contributed by atoms with Gasteiger partial charge in [-0.25, -0.2) is 0 Å². The van der Waals surface area contributed by atoms with Crippen LogP contribution in [0.15, 0.2) is 36.4 Å². The van der Waals surface area contributed by atoms with E-state index in [1.807, 2.05) is 4.90 Å². The van der Waals surface area contributed by atoms with Gasteiger partial charge in [-0.05, 0) is 48.9 Å². The van der Waals surface area contributed by atoms with E-state index < -0.39 is 0 Å². The summed E-state index contributed by atoms with van der Waals surface area (Å²) in [7, 11) is 0. The molecule has 1 unspecified atom stereocenters. The lowest BCUT2D eigenvalue weighted by Crippen LogP contribution is -2.38. The summed E-state index contributed by atoms with van der Waals surface area (Å²) in [6, 6.07) is 11.7. The number of aryl methyl sites for hydroxylation is 1. The molecule has 2 aromatic rings. The molecule has 4 nitrogen and oxygen atoms in total. The Morgan fingerprint density at radius 3 is 2.75 bits per heavy atom. The monoisotopic (exact) mass is 323 g/mol. The summed E-state index contributed by atoms with van der Waals surface area (Å²) in [6.07, 6.45) is 3.30. The number of rotatable bonds is 2. The van der Waals surface area contributed by atoms with Crippen molar-refractivity contribution in [2.75, 3.05) is 0 Å². The van der Waals surface area contributed by atoms with E-state index in [0.717, 1.165) is 24.8 Å². The van der Waals surface area contributed by atoms with Gasteiger partial charge in [0.15, 0.2) is 11.5 Å². The first-order chi connectivity index (χ1) is 11.6. The van der Waals surface area contributed by atoms with Crippen molar-refractivity contribution in [3.8, 4) is 11.5 Å². The minimum absolute atomic E-state index is 0.0490. The zero-order valence-electron chi connectivity index (χ0n) is 13.7. The highest BCUT2D eigenvalue weighted by Crippen LogP contribution is 2.41. The molecule has 124 valence electrons. The molecular weight excluding hydrogens is 302 g/mol. The molecule has 1 heterocycles. The van der Waals surface area contributed by atoms with Crippen LogP contribution in [0.3, 0.4) is 0 Å². The molecule has 0 bridgehead atoms. The first-order valence-corrected chi connectivity index (χ1v) is 8.50. The lowest BCUT2D eigenvalue weighted by molar-refractivity contribution is 0.0682. The fraction of sp³-hybridized carbons (Fsp3) is 0.350. The molecule has 2 aromatic carbocycles. The normalized spacial score (nSPS) is 20.6. The Morgan fingerprint density at radius 1 is 1.12 bits per heavy atom. The fourth-order valence-corrected chi connectivity index (χ4v) is 4.23. The molecule has 0 saturated carbocycles. The molecule has 1 amide bonds. The topological polar surface area (TPSA) is 60.8 Å². The predicted molar refractivity (Wildman–Crippen MR) is 91.2 cm³/mol. The Balaban J connectivity index is 1.67. The largest absolute Gasteiger partial charge is 0.504 e. The molecule has 1 aliphatic heterocycles. The Hall–Kier alpha value is -2.49. The van der Waals surface area contributed by atoms with Crippen LogP contribution >= 0.6 is 0 Å². The van der Waals surface area contributed by atoms with Crippen molar-refractivity contribution in [3.05, 3.63) is 58.7 Å². The fourth-order valence-electron chi connectivity index (χ4n) is 4.23. The van der Waals surface area contributed by atoms with Gasteiger partial charge in [-0.1, -0.05) is 30.3 Å². The third kappa shape index (κ3) is 2.17. The Kier molecular flexibility index (Phi) is 3.48. The van der Waals surface area contributed by atoms with E-state index in [-0.39, 0.29) is 29.0 Å². The molecular formula is C20H21NO3. The first-order valence-electron chi connectivity index (χ1n) is 8.50. The van der Waals surface area contributed by atoms with E-state index in [2.05, 4.69) is 31.2 Å². The molecule has 2 N–H and O–H groups in total. The SMILES string of the molecule is C[C@@H](C1CCCc2ccccc21)N1Cc2ccc(O)c(O)c2C1=O. The molecule has 0 saturated heterocycles. The Morgan fingerprint density at radius 2 is 1.92 bits per heavy atom. The average Bonchev–Trinajstić information content (AvgIpc) is 2.94. The number of phenolic OH excluding ortho intramolecular Hbond substituents is 2. The molecule has 0 radical (unpaired) electrons. The number of fused-ring (bicyclic) bond motifs is 2. The van der Waals surface area contributed by atoms with Crippen LogP contribution in [-0.4, -0.2) is 27.1 Å². The minimum atomic E-state index is -0.295. The van der Waals surface area contributed by atoms with Gasteiger partial charge >= 0.3 is 0 Å². The lowest BCUT2D eigenvalue weighted by atomic mass is 9.79. The van der Waals surface area contributed by atoms with Crippen molar-refractivity contribution >= 4 is 5.91 Å². The summed E-state index contributed by atoms with van der Waals surface area (Å²) in [6.45, 7) is 2.58. The Bertz CT molecular complexity index is 815. The van der Waals surface area contributed by atoms with Crippen LogP contribution in [0.25, 0.3) is 0 Å². The van der Waals surface area contributed by atoms with Crippen LogP contribution in [0.2, 0.25) is 0 Å². The van der Waals surface area contributed by atoms with Gasteiger partial charge in [0.1, 0.15) is 0 Å². The number of hydrogen-bond acceptors (Lipinski definition) is 3. The number of carbonyl (C=O) groups excluding carboxylic acids is 1. The van der Waals surface area contributed by atoms with Crippen molar-refractivity contribution in [2.24, 2.45) is 0 Å². The van der Waals surface area contributed by atoms with Gasteiger partial charge in [0.2, 0.25) is 0 Å². The van der Waals surface area contributed by atoms with Crippen molar-refractivity contribution in [1.82, 2.24) is 4.90 Å². The second-order valence-electron chi connectivity index (χ2n) is 6.84. The van der Waals surface area contributed by atoms with Gasteiger partial charge in [0, 0.05) is 18.5 Å². The van der Waals surface area contributed by atoms with Crippen LogP contribution in [0, 0.1) is 0 Å². The average molecular weight is 323 g/mol. The van der Waals surface area contributed by atoms with Crippen molar-refractivity contribution in [3.63, 3.8) is 0 Å². The van der Waals surface area contributed by atoms with Crippen LogP contribution in [0.1, 0.15) is 52.7 Å². The second kappa shape index (κ2) is 5.55. The number of nitrogens with zero attached hydrogens (tertiary/aromatic N) is 1. The van der Waals surface area contributed by atoms with Gasteiger partial charge in [-0.2, -0.15) is 0 Å². The predicted octanol–water partition coefficient (Wildman–Crippen LogP) is 3.56. The molecule has 4 rings (SSSR count). The Labute approximate surface area is 141 Å². The van der Waals surface area contributed by atoms with E-state index in [1.165, 1.54) is 17.2 Å². The van der Waals surface area contributed by atoms with E-state index in [0.29, 0.717) is 12.5 Å². The third-order valence-corrected chi connectivity index (χ3v) is 5.55. The molecule has 1 aliphatic carbocycles. The maximum atomic E-state index is 12.8. The number of amides is 1. The van der Waals surface area contributed by atoms with E-state index >= 15 is 0 Å². The molecule has 2 atom stereocenters. The zero-order valence-corrected chi connectivity index (χ0v) is 13.7. The van der Waals surface area contributed by atoms with Gasteiger partial charge in [-0.15, -0.1) is 0 Å². The number of benzene rings is 2. The maximum Gasteiger partial charge on any atom is 0.258 e. The quantitative estimate of drug-likeness (QED) is 0.831. The summed E-state index contributed by atoms with van der Waals surface area (Å²) in [4.78, 5) is 14.7. The van der Waals surface area contributed by atoms with Crippen LogP contribution < -0.4 is 0 Å². The summed E-state index contributed by atoms with van der Waals surface area (Å²) in [5.74, 6) is -0.409. The summed E-state index contributed by atoms with van der Waals surface area (Å²) in [5, 5.41) is 19.7. The summed E-state index contributed by atoms with van der Waals surface area (Å²) >= 11 is 0.